The van der Waals surface area contributed by atoms with E-state index >= 15 is 0 Å². The van der Waals surface area contributed by atoms with E-state index in [1.165, 1.54) is 0 Å². The molecule has 2 rings (SSSR count). The van der Waals surface area contributed by atoms with Gasteiger partial charge < -0.3 is 11.2 Å². The van der Waals surface area contributed by atoms with Gasteiger partial charge >= 0.3 is 0 Å². The molecule has 0 unspecified atom stereocenters. The molecular weight excluding hydrogens is 164 g/mol. The van der Waals surface area contributed by atoms with Crippen molar-refractivity contribution in [3.05, 3.63) is 24.4 Å². The van der Waals surface area contributed by atoms with E-state index in [9.17, 15) is 0 Å². The highest BCUT2D eigenvalue weighted by Gasteiger charge is 2.02. The van der Waals surface area contributed by atoms with Crippen molar-refractivity contribution in [2.45, 2.75) is 6.92 Å². The van der Waals surface area contributed by atoms with Crippen LogP contribution in [0.5, 0.6) is 0 Å². The van der Waals surface area contributed by atoms with Crippen molar-refractivity contribution in [2.75, 3.05) is 17.7 Å². The van der Waals surface area contributed by atoms with Crippen LogP contribution < -0.4 is 11.2 Å². The maximum Gasteiger partial charge on any atom is 0.0939 e. The first-order valence-corrected chi connectivity index (χ1v) is 4.29. The number of hydrogen-bond acceptors (Lipinski definition) is 3. The number of benzene rings is 1. The summed E-state index contributed by atoms with van der Waals surface area (Å²) in [6.45, 7) is 2.87. The van der Waals surface area contributed by atoms with Gasteiger partial charge in [-0.3, -0.25) is 0 Å². The third kappa shape index (κ3) is 1.20. The van der Waals surface area contributed by atoms with Crippen molar-refractivity contribution in [3.8, 4) is 0 Å². The largest absolute Gasteiger partial charge is 0.398 e. The lowest BCUT2D eigenvalue weighted by atomic mass is 10.2. The molecule has 1 aromatic heterocycles. The molecule has 2 aromatic rings. The second kappa shape index (κ2) is 2.97. The minimum Gasteiger partial charge on any atom is -0.398 e. The quantitative estimate of drug-likeness (QED) is 0.675. The molecule has 0 aliphatic heterocycles. The molecule has 0 radical (unpaired) electrons. The Kier molecular flexibility index (Phi) is 1.81. The second-order valence-electron chi connectivity index (χ2n) is 2.85. The lowest BCUT2D eigenvalue weighted by Gasteiger charge is -2.03. The molecule has 0 bridgehead atoms. The Balaban J connectivity index is 2.61. The molecule has 0 spiro atoms. The average Bonchev–Trinajstić information content (AvgIpc) is 2.51. The van der Waals surface area contributed by atoms with E-state index in [2.05, 4.69) is 10.5 Å². The highest BCUT2D eigenvalue weighted by atomic mass is 15.5. The van der Waals surface area contributed by atoms with Gasteiger partial charge in [0.25, 0.3) is 0 Å². The monoisotopic (exact) mass is 176 g/mol. The first-order chi connectivity index (χ1) is 6.33. The summed E-state index contributed by atoms with van der Waals surface area (Å²) in [5.74, 6) is 0. The summed E-state index contributed by atoms with van der Waals surface area (Å²) in [6, 6.07) is 5.79. The van der Waals surface area contributed by atoms with Crippen molar-refractivity contribution >= 4 is 16.6 Å². The highest BCUT2D eigenvalue weighted by molar-refractivity contribution is 5.90. The Morgan fingerprint density at radius 2 is 2.38 bits per heavy atom. The van der Waals surface area contributed by atoms with Crippen LogP contribution in [0.2, 0.25) is 0 Å². The predicted molar refractivity (Wildman–Crippen MR) is 54.0 cm³/mol. The van der Waals surface area contributed by atoms with Crippen LogP contribution in [0.3, 0.4) is 0 Å². The van der Waals surface area contributed by atoms with Crippen LogP contribution in [-0.4, -0.2) is 16.4 Å². The molecule has 3 N–H and O–H groups in total. The molecule has 0 saturated carbocycles. The number of nitrogens with one attached hydrogen (secondary N) is 1. The lowest BCUT2D eigenvalue weighted by molar-refractivity contribution is 0.772. The maximum atomic E-state index is 5.78. The van der Waals surface area contributed by atoms with Crippen LogP contribution >= 0.6 is 0 Å². The fraction of sp³-hybridized carbons (Fsp3) is 0.222. The van der Waals surface area contributed by atoms with Gasteiger partial charge in [-0.05, 0) is 19.1 Å². The summed E-state index contributed by atoms with van der Waals surface area (Å²) in [4.78, 5) is 1.74. The Bertz CT molecular complexity index is 418. The van der Waals surface area contributed by atoms with Gasteiger partial charge in [-0.15, -0.1) is 0 Å². The molecular formula is C9H12N4. The second-order valence-corrected chi connectivity index (χ2v) is 2.85. The summed E-state index contributed by atoms with van der Waals surface area (Å²) in [5, 5.41) is 5.16. The van der Waals surface area contributed by atoms with Gasteiger partial charge in [0.1, 0.15) is 0 Å². The van der Waals surface area contributed by atoms with Crippen LogP contribution in [0.15, 0.2) is 24.4 Å². The fourth-order valence-electron chi connectivity index (χ4n) is 1.35. The minimum absolute atomic E-state index is 0.765. The molecule has 1 aromatic carbocycles. The Hall–Kier alpha value is -1.71. The molecule has 0 fully saturated rings. The van der Waals surface area contributed by atoms with Gasteiger partial charge in [-0.2, -0.15) is 9.89 Å². The van der Waals surface area contributed by atoms with Gasteiger partial charge in [0.15, 0.2) is 0 Å². The van der Waals surface area contributed by atoms with E-state index in [0.717, 1.165) is 23.1 Å². The summed E-state index contributed by atoms with van der Waals surface area (Å²) in [7, 11) is 0. The van der Waals surface area contributed by atoms with Gasteiger partial charge in [0.05, 0.1) is 11.7 Å². The van der Waals surface area contributed by atoms with E-state index in [0.29, 0.717) is 0 Å². The molecule has 13 heavy (non-hydrogen) atoms. The molecule has 4 heteroatoms. The topological polar surface area (TPSA) is 55.9 Å². The summed E-state index contributed by atoms with van der Waals surface area (Å²) >= 11 is 0. The van der Waals surface area contributed by atoms with Gasteiger partial charge in [0, 0.05) is 17.6 Å². The number of nitrogens with zero attached hydrogens (tertiary/aromatic N) is 2. The first kappa shape index (κ1) is 7.91. The Labute approximate surface area is 76.3 Å². The molecule has 68 valence electrons. The van der Waals surface area contributed by atoms with Gasteiger partial charge in [0.2, 0.25) is 0 Å². The first-order valence-electron chi connectivity index (χ1n) is 4.29. The highest BCUT2D eigenvalue weighted by Crippen LogP contribution is 2.18. The zero-order valence-electron chi connectivity index (χ0n) is 7.49. The molecule has 1 heterocycles. The van der Waals surface area contributed by atoms with E-state index in [1.54, 1.807) is 11.0 Å². The zero-order chi connectivity index (χ0) is 9.26. The van der Waals surface area contributed by atoms with Crippen LogP contribution in [0, 0.1) is 0 Å². The number of hydrogen-bond donors (Lipinski definition) is 2. The Morgan fingerprint density at radius 1 is 1.54 bits per heavy atom. The van der Waals surface area contributed by atoms with Crippen molar-refractivity contribution < 1.29 is 0 Å². The van der Waals surface area contributed by atoms with Gasteiger partial charge in [-0.25, -0.2) is 0 Å². The van der Waals surface area contributed by atoms with Crippen LogP contribution in [0.25, 0.3) is 10.9 Å². The van der Waals surface area contributed by atoms with E-state index in [-0.39, 0.29) is 0 Å². The Morgan fingerprint density at radius 3 is 3.15 bits per heavy atom. The normalized spacial score (nSPS) is 10.5. The standard InChI is InChI=1S/C9H12N4/c1-2-11-13-9-5-3-4-8(10)7(9)6-12-13/h3-6,11H,2,10H2,1H3. The van der Waals surface area contributed by atoms with Crippen LogP contribution in [0.1, 0.15) is 6.92 Å². The van der Waals surface area contributed by atoms with Crippen molar-refractivity contribution in [1.29, 1.82) is 0 Å². The average molecular weight is 176 g/mol. The van der Waals surface area contributed by atoms with Crippen molar-refractivity contribution in [1.82, 2.24) is 9.89 Å². The van der Waals surface area contributed by atoms with Gasteiger partial charge in [-0.1, -0.05) is 6.07 Å². The maximum absolute atomic E-state index is 5.78. The fourth-order valence-corrected chi connectivity index (χ4v) is 1.35. The van der Waals surface area contributed by atoms with E-state index < -0.39 is 0 Å². The third-order valence-corrected chi connectivity index (χ3v) is 1.96. The molecule has 0 aliphatic rings. The minimum atomic E-state index is 0.765. The number of rotatable bonds is 2. The number of nitrogens with two attached hydrogens (primary N) is 1. The molecule has 0 atom stereocenters. The smallest absolute Gasteiger partial charge is 0.0939 e. The predicted octanol–water partition coefficient (Wildman–Crippen LogP) is 1.18. The van der Waals surface area contributed by atoms with Crippen LogP contribution in [0.4, 0.5) is 5.69 Å². The summed E-state index contributed by atoms with van der Waals surface area (Å²) < 4.78 is 0. The number of aromatic nitrogens is 2. The lowest BCUT2D eigenvalue weighted by Crippen LogP contribution is -2.14. The SMILES string of the molecule is CCNn1ncc2c(N)cccc21. The molecule has 0 saturated heterocycles. The summed E-state index contributed by atoms with van der Waals surface area (Å²) in [5.41, 5.74) is 10.7. The van der Waals surface area contributed by atoms with E-state index in [1.807, 2.05) is 25.1 Å². The molecule has 0 aliphatic carbocycles. The number of nitrogen functional groups attached to an aromatic ring is 1. The van der Waals surface area contributed by atoms with Crippen molar-refractivity contribution in [2.24, 2.45) is 0 Å². The van der Waals surface area contributed by atoms with Crippen molar-refractivity contribution in [3.63, 3.8) is 0 Å². The van der Waals surface area contributed by atoms with Crippen LogP contribution in [-0.2, 0) is 0 Å². The molecule has 4 nitrogen and oxygen atoms in total. The van der Waals surface area contributed by atoms with E-state index in [4.69, 9.17) is 5.73 Å². The zero-order valence-corrected chi connectivity index (χ0v) is 7.49. The molecule has 0 amide bonds. The third-order valence-electron chi connectivity index (χ3n) is 1.96. The number of anilines is 1. The summed E-state index contributed by atoms with van der Waals surface area (Å²) in [6.07, 6.45) is 1.77. The number of fused-ring (bicyclic) bond motifs is 1.